The van der Waals surface area contributed by atoms with Crippen LogP contribution < -0.4 is 15.8 Å². The Kier molecular flexibility index (Phi) is 5.49. The van der Waals surface area contributed by atoms with Crippen LogP contribution in [-0.4, -0.2) is 26.1 Å². The highest BCUT2D eigenvalue weighted by molar-refractivity contribution is 5.83. The van der Waals surface area contributed by atoms with Crippen LogP contribution in [0, 0.1) is 0 Å². The molecule has 1 amide bonds. The molecule has 17 heavy (non-hydrogen) atoms. The van der Waals surface area contributed by atoms with Gasteiger partial charge < -0.3 is 15.8 Å². The van der Waals surface area contributed by atoms with Crippen LogP contribution in [0.15, 0.2) is 24.3 Å². The van der Waals surface area contributed by atoms with E-state index in [0.29, 0.717) is 19.6 Å². The SMILES string of the molecule is CCOc1cccc(C(CCN)C(=O)NC)c1. The molecule has 4 nitrogen and oxygen atoms in total. The molecule has 1 rings (SSSR count). The van der Waals surface area contributed by atoms with Gasteiger partial charge in [0.25, 0.3) is 0 Å². The van der Waals surface area contributed by atoms with Crippen molar-refractivity contribution in [2.75, 3.05) is 20.2 Å². The molecule has 0 radical (unpaired) electrons. The Morgan fingerprint density at radius 2 is 2.29 bits per heavy atom. The standard InChI is InChI=1S/C13H20N2O2/c1-3-17-11-6-4-5-10(9-11)12(7-8-14)13(16)15-2/h4-6,9,12H,3,7-8,14H2,1-2H3,(H,15,16). The van der Waals surface area contributed by atoms with Gasteiger partial charge in [0, 0.05) is 7.05 Å². The van der Waals surface area contributed by atoms with Crippen LogP contribution in [0.25, 0.3) is 0 Å². The third-order valence-corrected chi connectivity index (χ3v) is 2.59. The molecule has 0 aliphatic carbocycles. The van der Waals surface area contributed by atoms with E-state index in [-0.39, 0.29) is 11.8 Å². The van der Waals surface area contributed by atoms with Crippen LogP contribution >= 0.6 is 0 Å². The lowest BCUT2D eigenvalue weighted by atomic mass is 9.94. The van der Waals surface area contributed by atoms with Gasteiger partial charge in [-0.3, -0.25) is 4.79 Å². The number of hydrogen-bond acceptors (Lipinski definition) is 3. The highest BCUT2D eigenvalue weighted by Crippen LogP contribution is 2.23. The number of ether oxygens (including phenoxy) is 1. The molecule has 1 aromatic carbocycles. The van der Waals surface area contributed by atoms with Gasteiger partial charge in [-0.25, -0.2) is 0 Å². The van der Waals surface area contributed by atoms with Gasteiger partial charge in [-0.15, -0.1) is 0 Å². The van der Waals surface area contributed by atoms with E-state index in [0.717, 1.165) is 11.3 Å². The third-order valence-electron chi connectivity index (χ3n) is 2.59. The first-order valence-corrected chi connectivity index (χ1v) is 5.87. The summed E-state index contributed by atoms with van der Waals surface area (Å²) < 4.78 is 5.43. The number of likely N-dealkylation sites (N-methyl/N-ethyl adjacent to an activating group) is 1. The van der Waals surface area contributed by atoms with E-state index in [1.807, 2.05) is 31.2 Å². The molecular formula is C13H20N2O2. The van der Waals surface area contributed by atoms with Crippen molar-refractivity contribution in [3.05, 3.63) is 29.8 Å². The van der Waals surface area contributed by atoms with Crippen LogP contribution in [0.2, 0.25) is 0 Å². The normalized spacial score (nSPS) is 11.9. The Balaban J connectivity index is 2.92. The van der Waals surface area contributed by atoms with Gasteiger partial charge in [-0.1, -0.05) is 12.1 Å². The van der Waals surface area contributed by atoms with E-state index in [2.05, 4.69) is 5.32 Å². The average Bonchev–Trinajstić information content (AvgIpc) is 2.36. The minimum absolute atomic E-state index is 0.0101. The summed E-state index contributed by atoms with van der Waals surface area (Å²) >= 11 is 0. The Morgan fingerprint density at radius 3 is 2.88 bits per heavy atom. The Bertz CT molecular complexity index is 366. The third kappa shape index (κ3) is 3.75. The predicted molar refractivity (Wildman–Crippen MR) is 68.1 cm³/mol. The van der Waals surface area contributed by atoms with E-state index in [1.165, 1.54) is 0 Å². The van der Waals surface area contributed by atoms with Crippen molar-refractivity contribution >= 4 is 5.91 Å². The average molecular weight is 236 g/mol. The predicted octanol–water partition coefficient (Wildman–Crippen LogP) is 1.26. The maximum Gasteiger partial charge on any atom is 0.227 e. The molecule has 0 bridgehead atoms. The number of rotatable bonds is 6. The highest BCUT2D eigenvalue weighted by Gasteiger charge is 2.18. The van der Waals surface area contributed by atoms with Gasteiger partial charge >= 0.3 is 0 Å². The van der Waals surface area contributed by atoms with E-state index >= 15 is 0 Å². The van der Waals surface area contributed by atoms with Gasteiger partial charge in [-0.05, 0) is 37.6 Å². The number of carbonyl (C=O) groups is 1. The maximum absolute atomic E-state index is 11.8. The summed E-state index contributed by atoms with van der Waals surface area (Å²) in [6.45, 7) is 3.03. The molecule has 94 valence electrons. The monoisotopic (exact) mass is 236 g/mol. The Hall–Kier alpha value is -1.55. The fraction of sp³-hybridized carbons (Fsp3) is 0.462. The minimum atomic E-state index is -0.203. The molecule has 0 aromatic heterocycles. The van der Waals surface area contributed by atoms with Crippen molar-refractivity contribution in [2.24, 2.45) is 5.73 Å². The summed E-state index contributed by atoms with van der Waals surface area (Å²) in [6.07, 6.45) is 0.634. The molecule has 0 aliphatic rings. The molecule has 0 aliphatic heterocycles. The van der Waals surface area contributed by atoms with E-state index in [4.69, 9.17) is 10.5 Å². The largest absolute Gasteiger partial charge is 0.494 e. The number of amides is 1. The molecule has 0 saturated heterocycles. The fourth-order valence-electron chi connectivity index (χ4n) is 1.78. The smallest absolute Gasteiger partial charge is 0.227 e. The number of carbonyl (C=O) groups excluding carboxylic acids is 1. The Morgan fingerprint density at radius 1 is 1.53 bits per heavy atom. The van der Waals surface area contributed by atoms with Crippen molar-refractivity contribution in [1.29, 1.82) is 0 Å². The van der Waals surface area contributed by atoms with Gasteiger partial charge in [-0.2, -0.15) is 0 Å². The van der Waals surface area contributed by atoms with Crippen LogP contribution in [0.5, 0.6) is 5.75 Å². The molecular weight excluding hydrogens is 216 g/mol. The van der Waals surface area contributed by atoms with Gasteiger partial charge in [0.1, 0.15) is 5.75 Å². The second-order valence-corrected chi connectivity index (χ2v) is 3.75. The zero-order chi connectivity index (χ0) is 12.7. The first-order valence-electron chi connectivity index (χ1n) is 5.87. The molecule has 4 heteroatoms. The van der Waals surface area contributed by atoms with Crippen LogP contribution in [0.1, 0.15) is 24.8 Å². The quantitative estimate of drug-likeness (QED) is 0.781. The molecule has 1 unspecified atom stereocenters. The van der Waals surface area contributed by atoms with Crippen LogP contribution in [0.4, 0.5) is 0 Å². The second kappa shape index (κ2) is 6.91. The van der Waals surface area contributed by atoms with Crippen LogP contribution in [-0.2, 0) is 4.79 Å². The molecule has 0 fully saturated rings. The summed E-state index contributed by atoms with van der Waals surface area (Å²) in [7, 11) is 1.64. The molecule has 3 N–H and O–H groups in total. The van der Waals surface area contributed by atoms with Gasteiger partial charge in [0.05, 0.1) is 12.5 Å². The van der Waals surface area contributed by atoms with E-state index in [9.17, 15) is 4.79 Å². The lowest BCUT2D eigenvalue weighted by molar-refractivity contribution is -0.122. The number of nitrogens with two attached hydrogens (primary N) is 1. The van der Waals surface area contributed by atoms with Gasteiger partial charge in [0.2, 0.25) is 5.91 Å². The van der Waals surface area contributed by atoms with Crippen molar-refractivity contribution < 1.29 is 9.53 Å². The van der Waals surface area contributed by atoms with Crippen molar-refractivity contribution in [1.82, 2.24) is 5.32 Å². The Labute approximate surface area is 102 Å². The lowest BCUT2D eigenvalue weighted by Crippen LogP contribution is -2.27. The zero-order valence-corrected chi connectivity index (χ0v) is 10.4. The fourth-order valence-corrected chi connectivity index (χ4v) is 1.78. The molecule has 1 atom stereocenters. The first kappa shape index (κ1) is 13.5. The van der Waals surface area contributed by atoms with Crippen molar-refractivity contribution in [3.63, 3.8) is 0 Å². The molecule has 1 aromatic rings. The summed E-state index contributed by atoms with van der Waals surface area (Å²) in [5.74, 6) is 0.574. The maximum atomic E-state index is 11.8. The minimum Gasteiger partial charge on any atom is -0.494 e. The highest BCUT2D eigenvalue weighted by atomic mass is 16.5. The molecule has 0 spiro atoms. The molecule has 0 saturated carbocycles. The van der Waals surface area contributed by atoms with E-state index in [1.54, 1.807) is 7.05 Å². The van der Waals surface area contributed by atoms with Gasteiger partial charge in [0.15, 0.2) is 0 Å². The van der Waals surface area contributed by atoms with E-state index < -0.39 is 0 Å². The lowest BCUT2D eigenvalue weighted by Gasteiger charge is -2.15. The van der Waals surface area contributed by atoms with Crippen molar-refractivity contribution in [3.8, 4) is 5.75 Å². The number of benzene rings is 1. The summed E-state index contributed by atoms with van der Waals surface area (Å²) in [5.41, 5.74) is 6.49. The number of hydrogen-bond donors (Lipinski definition) is 2. The van der Waals surface area contributed by atoms with Crippen LogP contribution in [0.3, 0.4) is 0 Å². The number of nitrogens with one attached hydrogen (secondary N) is 1. The molecule has 0 heterocycles. The summed E-state index contributed by atoms with van der Waals surface area (Å²) in [6, 6.07) is 7.61. The topological polar surface area (TPSA) is 64.3 Å². The zero-order valence-electron chi connectivity index (χ0n) is 10.4. The summed E-state index contributed by atoms with van der Waals surface area (Å²) in [4.78, 5) is 11.8. The van der Waals surface area contributed by atoms with Crippen molar-refractivity contribution in [2.45, 2.75) is 19.3 Å². The first-order chi connectivity index (χ1) is 8.22. The second-order valence-electron chi connectivity index (χ2n) is 3.75. The summed E-state index contributed by atoms with van der Waals surface area (Å²) in [5, 5.41) is 2.66.